The molecule has 7 rings (SSSR count). The number of amides is 2. The highest BCUT2D eigenvalue weighted by molar-refractivity contribution is 5.93. The Labute approximate surface area is 309 Å². The number of nitrogens with one attached hydrogen (secondary N) is 2. The van der Waals surface area contributed by atoms with Crippen LogP contribution in [-0.2, 0) is 37.0 Å². The highest BCUT2D eigenvalue weighted by Crippen LogP contribution is 2.41. The van der Waals surface area contributed by atoms with Crippen molar-refractivity contribution in [2.24, 2.45) is 0 Å². The number of hydrogen-bond acceptors (Lipinski definition) is 8. The number of carboxylic acids is 1. The molecule has 3 aliphatic rings. The topological polar surface area (TPSA) is 141 Å². The number of aliphatic hydroxyl groups excluding tert-OH is 1. The van der Waals surface area contributed by atoms with Crippen LogP contribution < -0.4 is 15.5 Å². The van der Waals surface area contributed by atoms with Gasteiger partial charge in [-0.15, -0.1) is 0 Å². The van der Waals surface area contributed by atoms with Crippen molar-refractivity contribution in [1.29, 1.82) is 0 Å². The first-order valence-electron chi connectivity index (χ1n) is 18.3. The average Bonchev–Trinajstić information content (AvgIpc) is 3.51. The summed E-state index contributed by atoms with van der Waals surface area (Å²) in [5.41, 5.74) is 6.08. The van der Waals surface area contributed by atoms with Crippen molar-refractivity contribution >= 4 is 23.5 Å². The Balaban J connectivity index is 1.06. The van der Waals surface area contributed by atoms with Gasteiger partial charge >= 0.3 is 5.97 Å². The maximum Gasteiger partial charge on any atom is 0.303 e. The van der Waals surface area contributed by atoms with Crippen LogP contribution in [0.3, 0.4) is 0 Å². The molecule has 4 aromatic rings. The van der Waals surface area contributed by atoms with Crippen LogP contribution >= 0.6 is 0 Å². The molecule has 0 saturated carbocycles. The van der Waals surface area contributed by atoms with E-state index in [1.54, 1.807) is 0 Å². The van der Waals surface area contributed by atoms with Crippen LogP contribution in [0.1, 0.15) is 66.8 Å². The largest absolute Gasteiger partial charge is 0.481 e. The number of benzene rings is 4. The van der Waals surface area contributed by atoms with Crippen LogP contribution in [0.25, 0.3) is 11.1 Å². The molecule has 4 N–H and O–H groups in total. The molecule has 11 heteroatoms. The maximum atomic E-state index is 13.3. The summed E-state index contributed by atoms with van der Waals surface area (Å²) >= 11 is 0. The first-order chi connectivity index (χ1) is 25.8. The number of carboxylic acid groups (broad SMARTS) is 1. The van der Waals surface area contributed by atoms with Gasteiger partial charge in [-0.25, -0.2) is 0 Å². The molecule has 3 unspecified atom stereocenters. The van der Waals surface area contributed by atoms with Gasteiger partial charge in [0.1, 0.15) is 5.54 Å². The molecule has 0 aromatic heterocycles. The molecule has 3 heterocycles. The minimum absolute atomic E-state index is 0.0264. The summed E-state index contributed by atoms with van der Waals surface area (Å²) in [5, 5.41) is 24.4. The Hall–Kier alpha value is -5.07. The van der Waals surface area contributed by atoms with Gasteiger partial charge in [0.2, 0.25) is 11.8 Å². The third-order valence-electron chi connectivity index (χ3n) is 10.6. The third-order valence-corrected chi connectivity index (χ3v) is 10.6. The molecule has 276 valence electrons. The van der Waals surface area contributed by atoms with E-state index in [-0.39, 0.29) is 43.5 Å². The quantitative estimate of drug-likeness (QED) is 0.154. The number of hydrogen-bond donors (Lipinski definition) is 4. The van der Waals surface area contributed by atoms with Crippen molar-refractivity contribution in [3.63, 3.8) is 0 Å². The van der Waals surface area contributed by atoms with E-state index >= 15 is 0 Å². The number of anilines is 1. The van der Waals surface area contributed by atoms with Crippen LogP contribution in [0.5, 0.6) is 0 Å². The van der Waals surface area contributed by atoms with Crippen molar-refractivity contribution < 1.29 is 34.1 Å². The van der Waals surface area contributed by atoms with E-state index in [4.69, 9.17) is 14.6 Å². The predicted molar refractivity (Wildman–Crippen MR) is 199 cm³/mol. The number of ether oxygens (including phenoxy) is 2. The van der Waals surface area contributed by atoms with Gasteiger partial charge in [0.05, 0.1) is 31.9 Å². The zero-order valence-electron chi connectivity index (χ0n) is 29.7. The second-order valence-corrected chi connectivity index (χ2v) is 14.1. The number of likely N-dealkylation sites (tertiary alicyclic amines) is 1. The Morgan fingerprint density at radius 1 is 0.830 bits per heavy atom. The van der Waals surface area contributed by atoms with Gasteiger partial charge in [-0.2, -0.15) is 0 Å². The Morgan fingerprint density at radius 2 is 1.57 bits per heavy atom. The molecule has 1 spiro atoms. The van der Waals surface area contributed by atoms with Crippen molar-refractivity contribution in [1.82, 2.24) is 15.5 Å². The maximum absolute atomic E-state index is 13.3. The third kappa shape index (κ3) is 8.44. The SMILES string of the molecule is O=C(O)CCC(=O)NCc1cccc(-c2cccc(C3OC(CN4CCC5(CC4)C(=O)NCN5c4ccccc4)CC(c4ccc(CO)cc4)O3)c2)c1. The van der Waals surface area contributed by atoms with E-state index < -0.39 is 17.8 Å². The number of carbonyl (C=O) groups excluding carboxylic acids is 2. The van der Waals surface area contributed by atoms with E-state index in [2.05, 4.69) is 38.6 Å². The zero-order chi connectivity index (χ0) is 36.8. The molecular formula is C42H46N4O7. The standard InChI is InChI=1S/C42H46N4O7/c47-27-29-12-14-31(15-13-29)37-24-36(26-45-20-18-42(19-21-45)41(51)44-28-46(42)35-10-2-1-3-11-35)52-40(53-37)34-9-5-8-33(23-34)32-7-4-6-30(22-32)25-43-38(48)16-17-39(49)50/h1-15,22-23,36-37,40,47H,16-21,24-28H2,(H,43,48)(H,44,51)(H,49,50). The molecule has 4 aromatic carbocycles. The molecule has 2 amide bonds. The van der Waals surface area contributed by atoms with Gasteiger partial charge in [-0.3, -0.25) is 14.4 Å². The molecule has 3 atom stereocenters. The fourth-order valence-corrected chi connectivity index (χ4v) is 7.69. The zero-order valence-corrected chi connectivity index (χ0v) is 29.7. The lowest BCUT2D eigenvalue weighted by atomic mass is 9.85. The lowest BCUT2D eigenvalue weighted by Crippen LogP contribution is -2.57. The fraction of sp³-hybridized carbons (Fsp3) is 0.357. The Morgan fingerprint density at radius 3 is 2.30 bits per heavy atom. The molecule has 0 bridgehead atoms. The summed E-state index contributed by atoms with van der Waals surface area (Å²) in [6, 6.07) is 34.0. The molecule has 3 aliphatic heterocycles. The number of aliphatic carboxylic acids is 1. The number of piperidine rings is 1. The van der Waals surface area contributed by atoms with Gasteiger partial charge in [0, 0.05) is 50.3 Å². The van der Waals surface area contributed by atoms with Crippen molar-refractivity contribution in [2.75, 3.05) is 31.2 Å². The molecule has 0 aliphatic carbocycles. The highest BCUT2D eigenvalue weighted by atomic mass is 16.7. The highest BCUT2D eigenvalue weighted by Gasteiger charge is 2.50. The Bertz CT molecular complexity index is 1900. The van der Waals surface area contributed by atoms with E-state index in [9.17, 15) is 19.5 Å². The lowest BCUT2D eigenvalue weighted by Gasteiger charge is -2.45. The number of aliphatic hydroxyl groups is 1. The van der Waals surface area contributed by atoms with E-state index in [1.807, 2.05) is 84.9 Å². The van der Waals surface area contributed by atoms with Crippen LogP contribution in [0.15, 0.2) is 103 Å². The molecule has 3 saturated heterocycles. The summed E-state index contributed by atoms with van der Waals surface area (Å²) < 4.78 is 13.4. The predicted octanol–water partition coefficient (Wildman–Crippen LogP) is 5.30. The van der Waals surface area contributed by atoms with E-state index in [0.717, 1.165) is 65.0 Å². The second-order valence-electron chi connectivity index (χ2n) is 14.1. The summed E-state index contributed by atoms with van der Waals surface area (Å²) in [5.74, 6) is -1.20. The molecular weight excluding hydrogens is 672 g/mol. The van der Waals surface area contributed by atoms with Crippen LogP contribution in [0.4, 0.5) is 5.69 Å². The average molecular weight is 719 g/mol. The van der Waals surface area contributed by atoms with Crippen molar-refractivity contribution in [3.05, 3.63) is 125 Å². The smallest absolute Gasteiger partial charge is 0.303 e. The van der Waals surface area contributed by atoms with Crippen molar-refractivity contribution in [3.8, 4) is 11.1 Å². The van der Waals surface area contributed by atoms with Gasteiger partial charge in [-0.1, -0.05) is 78.9 Å². The number of nitrogens with zero attached hydrogens (tertiary/aromatic N) is 2. The normalized spacial score (nSPS) is 21.3. The minimum atomic E-state index is -1.00. The minimum Gasteiger partial charge on any atom is -0.481 e. The summed E-state index contributed by atoms with van der Waals surface area (Å²) in [4.78, 5) is 40.8. The van der Waals surface area contributed by atoms with Crippen LogP contribution in [-0.4, -0.2) is 70.8 Å². The summed E-state index contributed by atoms with van der Waals surface area (Å²) in [6.07, 6.45) is 0.849. The summed E-state index contributed by atoms with van der Waals surface area (Å²) in [7, 11) is 0. The number of carbonyl (C=O) groups is 3. The van der Waals surface area contributed by atoms with Crippen LogP contribution in [0, 0.1) is 0 Å². The first-order valence-corrected chi connectivity index (χ1v) is 18.3. The van der Waals surface area contributed by atoms with Crippen molar-refractivity contribution in [2.45, 2.75) is 69.3 Å². The fourth-order valence-electron chi connectivity index (χ4n) is 7.69. The van der Waals surface area contributed by atoms with Gasteiger partial charge in [-0.05, 0) is 64.9 Å². The first kappa shape index (κ1) is 36.3. The molecule has 3 fully saturated rings. The summed E-state index contributed by atoms with van der Waals surface area (Å²) in [6.45, 7) is 3.02. The van der Waals surface area contributed by atoms with Gasteiger partial charge in [0.15, 0.2) is 6.29 Å². The molecule has 11 nitrogen and oxygen atoms in total. The van der Waals surface area contributed by atoms with E-state index in [1.165, 1.54) is 0 Å². The molecule has 0 radical (unpaired) electrons. The monoisotopic (exact) mass is 718 g/mol. The van der Waals surface area contributed by atoms with Crippen LogP contribution in [0.2, 0.25) is 0 Å². The number of para-hydroxylation sites is 1. The second kappa shape index (κ2) is 16.3. The van der Waals surface area contributed by atoms with Gasteiger partial charge in [0.25, 0.3) is 0 Å². The lowest BCUT2D eigenvalue weighted by molar-refractivity contribution is -0.253. The van der Waals surface area contributed by atoms with Gasteiger partial charge < -0.3 is 40.1 Å². The Kier molecular flexibility index (Phi) is 11.2. The van der Waals surface area contributed by atoms with E-state index in [0.29, 0.717) is 26.2 Å². The number of rotatable bonds is 12. The molecule has 53 heavy (non-hydrogen) atoms.